The first kappa shape index (κ1) is 15.5. The molecule has 1 atom stereocenters. The molecule has 0 spiro atoms. The van der Waals surface area contributed by atoms with Gasteiger partial charge in [0.1, 0.15) is 0 Å². The van der Waals surface area contributed by atoms with E-state index in [0.29, 0.717) is 0 Å². The van der Waals surface area contributed by atoms with E-state index >= 15 is 0 Å². The van der Waals surface area contributed by atoms with Crippen LogP contribution in [0.2, 0.25) is 0 Å². The molecule has 1 N–H and O–H groups in total. The van der Waals surface area contributed by atoms with Gasteiger partial charge in [0, 0.05) is 0 Å². The molecule has 0 saturated carbocycles. The summed E-state index contributed by atoms with van der Waals surface area (Å²) in [6.45, 7) is 0. The summed E-state index contributed by atoms with van der Waals surface area (Å²) < 4.78 is 71.9. The molecular weight excluding hydrogens is 275 g/mol. The van der Waals surface area contributed by atoms with Gasteiger partial charge in [-0.3, -0.25) is 0 Å². The van der Waals surface area contributed by atoms with Gasteiger partial charge in [-0.2, -0.15) is 22.0 Å². The Morgan fingerprint density at radius 1 is 1.00 bits per heavy atom. The fourth-order valence-corrected chi connectivity index (χ4v) is 1.39. The summed E-state index contributed by atoms with van der Waals surface area (Å²) in [5, 5.41) is 9.20. The largest absolute Gasteiger partial charge is 0.493 e. The van der Waals surface area contributed by atoms with Crippen molar-refractivity contribution in [3.8, 4) is 11.5 Å². The fourth-order valence-electron chi connectivity index (χ4n) is 1.39. The number of aliphatic hydroxyl groups excluding tert-OH is 1. The summed E-state index contributed by atoms with van der Waals surface area (Å²) in [5.74, 6) is -5.17. The Labute approximate surface area is 105 Å². The number of methoxy groups -OCH3 is 2. The first-order valence-electron chi connectivity index (χ1n) is 4.99. The lowest BCUT2D eigenvalue weighted by Gasteiger charge is -2.25. The standard InChI is InChI=1S/C11H11F5O3/c1-18-7-4-3-6(5-8(7)19-2)9(17)10(12,13)11(14,15)16/h3-5,9,17H,1-2H3. The van der Waals surface area contributed by atoms with Gasteiger partial charge in [0.05, 0.1) is 14.2 Å². The zero-order valence-electron chi connectivity index (χ0n) is 9.96. The third-order valence-electron chi connectivity index (χ3n) is 2.44. The van der Waals surface area contributed by atoms with Gasteiger partial charge < -0.3 is 14.6 Å². The Kier molecular flexibility index (Phi) is 4.24. The van der Waals surface area contributed by atoms with Crippen LogP contribution >= 0.6 is 0 Å². The smallest absolute Gasteiger partial charge is 0.456 e. The molecule has 0 aromatic heterocycles. The molecule has 0 radical (unpaired) electrons. The van der Waals surface area contributed by atoms with Crippen LogP contribution in [0.15, 0.2) is 18.2 Å². The maximum absolute atomic E-state index is 13.0. The van der Waals surface area contributed by atoms with Crippen molar-refractivity contribution in [1.82, 2.24) is 0 Å². The summed E-state index contributed by atoms with van der Waals surface area (Å²) in [7, 11) is 2.47. The third kappa shape index (κ3) is 2.89. The minimum absolute atomic E-state index is 0.0583. The van der Waals surface area contributed by atoms with Crippen LogP contribution in [-0.4, -0.2) is 31.4 Å². The van der Waals surface area contributed by atoms with Crippen LogP contribution in [0.1, 0.15) is 11.7 Å². The van der Waals surface area contributed by atoms with E-state index in [2.05, 4.69) is 0 Å². The van der Waals surface area contributed by atoms with Crippen molar-refractivity contribution in [2.45, 2.75) is 18.2 Å². The molecule has 1 unspecified atom stereocenters. The summed E-state index contributed by atoms with van der Waals surface area (Å²) >= 11 is 0. The Morgan fingerprint density at radius 3 is 1.95 bits per heavy atom. The minimum Gasteiger partial charge on any atom is -0.493 e. The van der Waals surface area contributed by atoms with Crippen molar-refractivity contribution in [2.75, 3.05) is 14.2 Å². The molecule has 0 bridgehead atoms. The molecule has 0 aliphatic rings. The predicted molar refractivity (Wildman–Crippen MR) is 55.5 cm³/mol. The lowest BCUT2D eigenvalue weighted by atomic mass is 10.0. The zero-order chi connectivity index (χ0) is 14.8. The van der Waals surface area contributed by atoms with Crippen molar-refractivity contribution in [2.24, 2.45) is 0 Å². The number of aliphatic hydroxyl groups is 1. The van der Waals surface area contributed by atoms with E-state index in [0.717, 1.165) is 18.2 Å². The summed E-state index contributed by atoms with van der Waals surface area (Å²) in [4.78, 5) is 0. The highest BCUT2D eigenvalue weighted by Crippen LogP contribution is 2.45. The molecule has 0 saturated heterocycles. The summed E-state index contributed by atoms with van der Waals surface area (Å²) in [6, 6.07) is 2.90. The molecule has 0 amide bonds. The number of halogens is 5. The molecular formula is C11H11F5O3. The van der Waals surface area contributed by atoms with E-state index in [9.17, 15) is 27.1 Å². The molecule has 0 fully saturated rings. The lowest BCUT2D eigenvalue weighted by molar-refractivity contribution is -0.315. The van der Waals surface area contributed by atoms with E-state index in [-0.39, 0.29) is 11.5 Å². The van der Waals surface area contributed by atoms with E-state index in [4.69, 9.17) is 9.47 Å². The molecule has 0 aliphatic heterocycles. The van der Waals surface area contributed by atoms with Crippen LogP contribution in [0.3, 0.4) is 0 Å². The first-order chi connectivity index (χ1) is 8.65. The second-order valence-electron chi connectivity index (χ2n) is 3.64. The molecule has 108 valence electrons. The second kappa shape index (κ2) is 5.20. The predicted octanol–water partition coefficient (Wildman–Crippen LogP) is 2.93. The normalized spacial score (nSPS) is 14.1. The number of benzene rings is 1. The van der Waals surface area contributed by atoms with Crippen LogP contribution in [0.4, 0.5) is 22.0 Å². The Balaban J connectivity index is 3.17. The Bertz CT molecular complexity index is 444. The van der Waals surface area contributed by atoms with Gasteiger partial charge >= 0.3 is 12.1 Å². The maximum atomic E-state index is 13.0. The third-order valence-corrected chi connectivity index (χ3v) is 2.44. The van der Waals surface area contributed by atoms with Crippen molar-refractivity contribution in [3.63, 3.8) is 0 Å². The van der Waals surface area contributed by atoms with Crippen LogP contribution < -0.4 is 9.47 Å². The van der Waals surface area contributed by atoms with Crippen molar-refractivity contribution >= 4 is 0 Å². The maximum Gasteiger partial charge on any atom is 0.456 e. The van der Waals surface area contributed by atoms with Gasteiger partial charge in [0.2, 0.25) is 0 Å². The lowest BCUT2D eigenvalue weighted by Crippen LogP contribution is -2.42. The van der Waals surface area contributed by atoms with Crippen LogP contribution in [0, 0.1) is 0 Å². The monoisotopic (exact) mass is 286 g/mol. The molecule has 1 aromatic carbocycles. The highest BCUT2D eigenvalue weighted by atomic mass is 19.4. The number of hydrogen-bond donors (Lipinski definition) is 1. The van der Waals surface area contributed by atoms with Gasteiger partial charge in [-0.25, -0.2) is 0 Å². The molecule has 19 heavy (non-hydrogen) atoms. The van der Waals surface area contributed by atoms with Crippen molar-refractivity contribution in [3.05, 3.63) is 23.8 Å². The number of alkyl halides is 5. The SMILES string of the molecule is COc1ccc(C(O)C(F)(F)C(F)(F)F)cc1OC. The summed E-state index contributed by atoms with van der Waals surface area (Å²) in [6.07, 6.45) is -8.87. The molecule has 1 aromatic rings. The quantitative estimate of drug-likeness (QED) is 0.865. The summed E-state index contributed by atoms with van der Waals surface area (Å²) in [5.41, 5.74) is -0.625. The van der Waals surface area contributed by atoms with E-state index in [1.165, 1.54) is 14.2 Å². The van der Waals surface area contributed by atoms with E-state index < -0.39 is 23.8 Å². The number of ether oxygens (including phenoxy) is 2. The molecule has 0 heterocycles. The first-order valence-corrected chi connectivity index (χ1v) is 4.99. The second-order valence-corrected chi connectivity index (χ2v) is 3.64. The zero-order valence-corrected chi connectivity index (χ0v) is 9.96. The molecule has 3 nitrogen and oxygen atoms in total. The van der Waals surface area contributed by atoms with Gasteiger partial charge in [0.25, 0.3) is 0 Å². The van der Waals surface area contributed by atoms with Gasteiger partial charge in [0.15, 0.2) is 17.6 Å². The minimum atomic E-state index is -5.85. The fraction of sp³-hybridized carbons (Fsp3) is 0.455. The highest BCUT2D eigenvalue weighted by molar-refractivity contribution is 5.43. The molecule has 8 heteroatoms. The molecule has 1 rings (SSSR count). The van der Waals surface area contributed by atoms with Crippen LogP contribution in [0.5, 0.6) is 11.5 Å². The van der Waals surface area contributed by atoms with Crippen LogP contribution in [-0.2, 0) is 0 Å². The number of hydrogen-bond acceptors (Lipinski definition) is 3. The van der Waals surface area contributed by atoms with Gasteiger partial charge in [-0.05, 0) is 17.7 Å². The van der Waals surface area contributed by atoms with Gasteiger partial charge in [-0.15, -0.1) is 0 Å². The average Bonchev–Trinajstić information content (AvgIpc) is 2.35. The highest BCUT2D eigenvalue weighted by Gasteiger charge is 2.62. The van der Waals surface area contributed by atoms with Crippen molar-refractivity contribution in [1.29, 1.82) is 0 Å². The van der Waals surface area contributed by atoms with E-state index in [1.807, 2.05) is 0 Å². The Hall–Kier alpha value is -1.57. The van der Waals surface area contributed by atoms with Gasteiger partial charge in [-0.1, -0.05) is 6.07 Å². The topological polar surface area (TPSA) is 38.7 Å². The number of rotatable bonds is 4. The van der Waals surface area contributed by atoms with E-state index in [1.54, 1.807) is 0 Å². The molecule has 0 aliphatic carbocycles. The average molecular weight is 286 g/mol. The van der Waals surface area contributed by atoms with Crippen LogP contribution in [0.25, 0.3) is 0 Å². The van der Waals surface area contributed by atoms with Crippen molar-refractivity contribution < 1.29 is 36.5 Å². The Morgan fingerprint density at radius 2 is 1.53 bits per heavy atom.